The Morgan fingerprint density at radius 2 is 1.88 bits per heavy atom. The van der Waals surface area contributed by atoms with Gasteiger partial charge in [-0.15, -0.1) is 0 Å². The number of carbonyl (C=O) groups excluding carboxylic acids is 1. The summed E-state index contributed by atoms with van der Waals surface area (Å²) in [6, 6.07) is 17.4. The molecule has 134 valence electrons. The standard InChI is InChI=1S/C21H22N2O3/c1-15-5-3-7-18(13-15)25-12-11-22-20(24)14-26-19-8-4-6-17-10-9-16(2)23-21(17)19/h3-10,13H,11-12,14H2,1-2H3,(H,22,24). The van der Waals surface area contributed by atoms with E-state index in [1.54, 1.807) is 0 Å². The van der Waals surface area contributed by atoms with E-state index in [4.69, 9.17) is 9.47 Å². The van der Waals surface area contributed by atoms with E-state index in [0.29, 0.717) is 18.9 Å². The van der Waals surface area contributed by atoms with E-state index >= 15 is 0 Å². The third kappa shape index (κ3) is 4.72. The van der Waals surface area contributed by atoms with Crippen LogP contribution in [0.2, 0.25) is 0 Å². The van der Waals surface area contributed by atoms with Crippen molar-refractivity contribution < 1.29 is 14.3 Å². The van der Waals surface area contributed by atoms with E-state index in [9.17, 15) is 4.79 Å². The number of amides is 1. The lowest BCUT2D eigenvalue weighted by Crippen LogP contribution is -2.32. The fourth-order valence-corrected chi connectivity index (χ4v) is 2.59. The van der Waals surface area contributed by atoms with Crippen molar-refractivity contribution >= 4 is 16.8 Å². The lowest BCUT2D eigenvalue weighted by molar-refractivity contribution is -0.123. The lowest BCUT2D eigenvalue weighted by Gasteiger charge is -2.10. The van der Waals surface area contributed by atoms with Gasteiger partial charge in [-0.25, -0.2) is 4.98 Å². The summed E-state index contributed by atoms with van der Waals surface area (Å²) in [5, 5.41) is 3.77. The first kappa shape index (κ1) is 17.7. The summed E-state index contributed by atoms with van der Waals surface area (Å²) < 4.78 is 11.3. The lowest BCUT2D eigenvalue weighted by atomic mass is 10.2. The van der Waals surface area contributed by atoms with Gasteiger partial charge in [-0.05, 0) is 43.7 Å². The van der Waals surface area contributed by atoms with Crippen LogP contribution in [0.5, 0.6) is 11.5 Å². The number of benzene rings is 2. The minimum atomic E-state index is -0.192. The molecule has 0 saturated carbocycles. The number of ether oxygens (including phenoxy) is 2. The van der Waals surface area contributed by atoms with Crippen LogP contribution in [0.25, 0.3) is 10.9 Å². The summed E-state index contributed by atoms with van der Waals surface area (Å²) in [6.07, 6.45) is 0. The summed E-state index contributed by atoms with van der Waals surface area (Å²) in [7, 11) is 0. The van der Waals surface area contributed by atoms with Crippen LogP contribution < -0.4 is 14.8 Å². The number of nitrogens with zero attached hydrogens (tertiary/aromatic N) is 1. The number of aryl methyl sites for hydroxylation is 2. The molecular weight excluding hydrogens is 328 g/mol. The number of rotatable bonds is 7. The van der Waals surface area contributed by atoms with Crippen LogP contribution in [0.15, 0.2) is 54.6 Å². The molecule has 1 amide bonds. The van der Waals surface area contributed by atoms with Crippen LogP contribution >= 0.6 is 0 Å². The second-order valence-corrected chi connectivity index (χ2v) is 6.08. The second-order valence-electron chi connectivity index (χ2n) is 6.08. The van der Waals surface area contributed by atoms with Crippen LogP contribution in [-0.4, -0.2) is 30.6 Å². The van der Waals surface area contributed by atoms with Crippen molar-refractivity contribution in [2.45, 2.75) is 13.8 Å². The summed E-state index contributed by atoms with van der Waals surface area (Å²) >= 11 is 0. The van der Waals surface area contributed by atoms with Gasteiger partial charge in [-0.3, -0.25) is 4.79 Å². The first-order valence-corrected chi connectivity index (χ1v) is 8.57. The third-order valence-corrected chi connectivity index (χ3v) is 3.86. The number of aromatic nitrogens is 1. The Morgan fingerprint density at radius 3 is 2.73 bits per heavy atom. The summed E-state index contributed by atoms with van der Waals surface area (Å²) in [4.78, 5) is 16.5. The highest BCUT2D eigenvalue weighted by Crippen LogP contribution is 2.23. The van der Waals surface area contributed by atoms with Crippen LogP contribution in [0.3, 0.4) is 0 Å². The maximum absolute atomic E-state index is 12.0. The topological polar surface area (TPSA) is 60.5 Å². The monoisotopic (exact) mass is 350 g/mol. The molecule has 0 unspecified atom stereocenters. The zero-order valence-corrected chi connectivity index (χ0v) is 15.0. The smallest absolute Gasteiger partial charge is 0.258 e. The van der Waals surface area contributed by atoms with Crippen molar-refractivity contribution in [3.8, 4) is 11.5 Å². The highest BCUT2D eigenvalue weighted by Gasteiger charge is 2.07. The Labute approximate surface area is 153 Å². The van der Waals surface area contributed by atoms with Gasteiger partial charge in [0.1, 0.15) is 23.6 Å². The second kappa shape index (κ2) is 8.34. The molecule has 0 atom stereocenters. The normalized spacial score (nSPS) is 10.5. The maximum atomic E-state index is 12.0. The van der Waals surface area contributed by atoms with Crippen LogP contribution in [0, 0.1) is 13.8 Å². The molecule has 0 aliphatic rings. The highest BCUT2D eigenvalue weighted by atomic mass is 16.5. The molecule has 2 aromatic carbocycles. The van der Waals surface area contributed by atoms with Gasteiger partial charge >= 0.3 is 0 Å². The largest absolute Gasteiger partial charge is 0.492 e. The number of carbonyl (C=O) groups is 1. The Balaban J connectivity index is 1.46. The third-order valence-electron chi connectivity index (χ3n) is 3.86. The van der Waals surface area contributed by atoms with Gasteiger partial charge in [0.05, 0.1) is 6.54 Å². The molecule has 0 bridgehead atoms. The van der Waals surface area contributed by atoms with Gasteiger partial charge in [0.15, 0.2) is 6.61 Å². The van der Waals surface area contributed by atoms with Crippen molar-refractivity contribution in [1.29, 1.82) is 0 Å². The van der Waals surface area contributed by atoms with Gasteiger partial charge in [-0.1, -0.05) is 30.3 Å². The average molecular weight is 350 g/mol. The van der Waals surface area contributed by atoms with Crippen molar-refractivity contribution in [3.05, 3.63) is 65.9 Å². The fourth-order valence-electron chi connectivity index (χ4n) is 2.59. The van der Waals surface area contributed by atoms with E-state index in [0.717, 1.165) is 27.9 Å². The average Bonchev–Trinajstić information content (AvgIpc) is 2.63. The number of hydrogen-bond donors (Lipinski definition) is 1. The molecule has 0 aliphatic carbocycles. The molecule has 0 saturated heterocycles. The van der Waals surface area contributed by atoms with E-state index < -0.39 is 0 Å². The fraction of sp³-hybridized carbons (Fsp3) is 0.238. The van der Waals surface area contributed by atoms with Crippen LogP contribution in [-0.2, 0) is 4.79 Å². The van der Waals surface area contributed by atoms with Crippen LogP contribution in [0.1, 0.15) is 11.3 Å². The molecule has 5 nitrogen and oxygen atoms in total. The molecule has 3 aromatic rings. The van der Waals surface area contributed by atoms with E-state index in [-0.39, 0.29) is 12.5 Å². The minimum Gasteiger partial charge on any atom is -0.492 e. The molecule has 0 spiro atoms. The number of para-hydroxylation sites is 1. The maximum Gasteiger partial charge on any atom is 0.258 e. The predicted molar refractivity (Wildman–Crippen MR) is 102 cm³/mol. The number of hydrogen-bond acceptors (Lipinski definition) is 4. The SMILES string of the molecule is Cc1cccc(OCCNC(=O)COc2cccc3ccc(C)nc23)c1. The molecule has 0 aliphatic heterocycles. The zero-order chi connectivity index (χ0) is 18.4. The number of fused-ring (bicyclic) bond motifs is 1. The molecule has 0 fully saturated rings. The first-order valence-electron chi connectivity index (χ1n) is 8.57. The Morgan fingerprint density at radius 1 is 1.04 bits per heavy atom. The van der Waals surface area contributed by atoms with Gasteiger partial charge < -0.3 is 14.8 Å². The van der Waals surface area contributed by atoms with Crippen molar-refractivity contribution in [2.24, 2.45) is 0 Å². The minimum absolute atomic E-state index is 0.0564. The van der Waals surface area contributed by atoms with Crippen LogP contribution in [0.4, 0.5) is 0 Å². The van der Waals surface area contributed by atoms with E-state index in [1.165, 1.54) is 0 Å². The molecule has 1 aromatic heterocycles. The quantitative estimate of drug-likeness (QED) is 0.663. The summed E-state index contributed by atoms with van der Waals surface area (Å²) in [5.74, 6) is 1.22. The van der Waals surface area contributed by atoms with Crippen molar-refractivity contribution in [1.82, 2.24) is 10.3 Å². The number of pyridine rings is 1. The van der Waals surface area contributed by atoms with Crippen molar-refractivity contribution in [3.63, 3.8) is 0 Å². The Bertz CT molecular complexity index is 909. The molecule has 1 N–H and O–H groups in total. The van der Waals surface area contributed by atoms with Gasteiger partial charge in [0.25, 0.3) is 5.91 Å². The van der Waals surface area contributed by atoms with E-state index in [2.05, 4.69) is 10.3 Å². The summed E-state index contributed by atoms with van der Waals surface area (Å²) in [5.41, 5.74) is 2.81. The molecule has 26 heavy (non-hydrogen) atoms. The van der Waals surface area contributed by atoms with Gasteiger partial charge in [0, 0.05) is 11.1 Å². The molecule has 1 heterocycles. The molecule has 3 rings (SSSR count). The van der Waals surface area contributed by atoms with E-state index in [1.807, 2.05) is 68.4 Å². The zero-order valence-electron chi connectivity index (χ0n) is 15.0. The Kier molecular flexibility index (Phi) is 5.69. The molecule has 5 heteroatoms. The Hall–Kier alpha value is -3.08. The van der Waals surface area contributed by atoms with Gasteiger partial charge in [-0.2, -0.15) is 0 Å². The van der Waals surface area contributed by atoms with Crippen molar-refractivity contribution in [2.75, 3.05) is 19.8 Å². The van der Waals surface area contributed by atoms with Gasteiger partial charge in [0.2, 0.25) is 0 Å². The predicted octanol–water partition coefficient (Wildman–Crippen LogP) is 3.43. The summed E-state index contributed by atoms with van der Waals surface area (Å²) in [6.45, 7) is 4.71. The highest BCUT2D eigenvalue weighted by molar-refractivity contribution is 5.85. The number of nitrogens with one attached hydrogen (secondary N) is 1. The molecular formula is C21H22N2O3. The molecule has 0 radical (unpaired) electrons. The first-order chi connectivity index (χ1) is 12.6.